The van der Waals surface area contributed by atoms with Crippen LogP contribution in [0.3, 0.4) is 0 Å². The highest BCUT2D eigenvalue weighted by molar-refractivity contribution is 6.35. The smallest absolute Gasteiger partial charge is 0.268 e. The molecule has 2 aliphatic heterocycles. The number of nitrogens with zero attached hydrogens (tertiary/aromatic N) is 4. The van der Waals surface area contributed by atoms with Gasteiger partial charge in [-0.25, -0.2) is 9.58 Å². The highest BCUT2D eigenvalue weighted by Crippen LogP contribution is 2.38. The van der Waals surface area contributed by atoms with Gasteiger partial charge in [0.25, 0.3) is 17.8 Å². The monoisotopic (exact) mass is 487 g/mol. The number of imide groups is 1. The number of rotatable bonds is 3. The van der Waals surface area contributed by atoms with E-state index in [1.165, 1.54) is 0 Å². The topological polar surface area (TPSA) is 80.1 Å². The van der Waals surface area contributed by atoms with Crippen LogP contribution in [-0.4, -0.2) is 26.6 Å². The molecule has 2 aliphatic rings. The summed E-state index contributed by atoms with van der Waals surface area (Å²) < 4.78 is 1.61. The van der Waals surface area contributed by atoms with Gasteiger partial charge in [-0.1, -0.05) is 71.7 Å². The van der Waals surface area contributed by atoms with Gasteiger partial charge >= 0.3 is 0 Å². The minimum absolute atomic E-state index is 0.00787. The molecule has 1 N–H and O–H groups in total. The molecular weight excluding hydrogens is 473 g/mol. The van der Waals surface area contributed by atoms with Crippen molar-refractivity contribution < 1.29 is 9.59 Å². The summed E-state index contributed by atoms with van der Waals surface area (Å²) in [4.78, 5) is 31.5. The van der Waals surface area contributed by atoms with E-state index in [1.54, 1.807) is 41.1 Å². The van der Waals surface area contributed by atoms with Crippen LogP contribution in [0.2, 0.25) is 10.0 Å². The number of benzene rings is 3. The summed E-state index contributed by atoms with van der Waals surface area (Å²) in [5, 5.41) is 8.81. The zero-order valence-corrected chi connectivity index (χ0v) is 19.0. The molecule has 4 aromatic rings. The van der Waals surface area contributed by atoms with Gasteiger partial charge in [-0.15, -0.1) is 5.10 Å². The first kappa shape index (κ1) is 20.7. The number of halogens is 2. The fraction of sp³-hybridized carbons (Fsp3) is 0.0400. The van der Waals surface area contributed by atoms with Crippen molar-refractivity contribution in [1.29, 1.82) is 0 Å². The number of allylic oxidation sites excluding steroid dienone is 1. The van der Waals surface area contributed by atoms with E-state index < -0.39 is 17.9 Å². The SMILES string of the molecule is O=C1c2ccccc2C(=O)N1c1nc2n(n1)[C@@H](c1ccc(Cl)cc1Cl)C=C(c1ccccc1)N2. The van der Waals surface area contributed by atoms with Crippen LogP contribution in [0, 0.1) is 0 Å². The van der Waals surface area contributed by atoms with Crippen molar-refractivity contribution in [2.45, 2.75) is 6.04 Å². The summed E-state index contributed by atoms with van der Waals surface area (Å²) in [5.74, 6) is -0.544. The highest BCUT2D eigenvalue weighted by Gasteiger charge is 2.40. The Bertz CT molecular complexity index is 1480. The van der Waals surface area contributed by atoms with E-state index in [0.717, 1.165) is 21.7 Å². The standard InChI is InChI=1S/C25H15Cl2N5O2/c26-15-10-11-18(19(27)12-15)21-13-20(14-6-2-1-3-7-14)28-24-29-25(30-32(21)24)31-22(33)16-8-4-5-9-17(16)23(31)34/h1-13,21H,(H,28,29,30)/t21-/m1/s1. The van der Waals surface area contributed by atoms with Gasteiger partial charge in [-0.2, -0.15) is 4.98 Å². The lowest BCUT2D eigenvalue weighted by Crippen LogP contribution is -2.30. The maximum Gasteiger partial charge on any atom is 0.268 e. The van der Waals surface area contributed by atoms with Gasteiger partial charge in [0.1, 0.15) is 6.04 Å². The number of hydrogen-bond donors (Lipinski definition) is 1. The largest absolute Gasteiger partial charge is 0.324 e. The molecule has 0 bridgehead atoms. The third-order valence-electron chi connectivity index (χ3n) is 5.81. The highest BCUT2D eigenvalue weighted by atomic mass is 35.5. The van der Waals surface area contributed by atoms with Crippen molar-refractivity contribution >= 4 is 52.6 Å². The molecule has 9 heteroatoms. The molecule has 0 spiro atoms. The average molecular weight is 488 g/mol. The molecule has 166 valence electrons. The van der Waals surface area contributed by atoms with Crippen LogP contribution in [0.25, 0.3) is 5.70 Å². The molecule has 0 saturated carbocycles. The van der Waals surface area contributed by atoms with Crippen LogP contribution in [-0.2, 0) is 0 Å². The molecule has 0 aliphatic carbocycles. The molecule has 2 amide bonds. The number of anilines is 2. The quantitative estimate of drug-likeness (QED) is 0.389. The summed E-state index contributed by atoms with van der Waals surface area (Å²) in [7, 11) is 0. The number of carbonyl (C=O) groups excluding carboxylic acids is 2. The van der Waals surface area contributed by atoms with Gasteiger partial charge in [-0.05, 0) is 41.5 Å². The van der Waals surface area contributed by atoms with Crippen LogP contribution < -0.4 is 10.2 Å². The van der Waals surface area contributed by atoms with Crippen molar-refractivity contribution in [2.75, 3.05) is 10.2 Å². The van der Waals surface area contributed by atoms with E-state index in [2.05, 4.69) is 15.4 Å². The molecule has 7 nitrogen and oxygen atoms in total. The van der Waals surface area contributed by atoms with Crippen LogP contribution in [0.5, 0.6) is 0 Å². The first-order chi connectivity index (χ1) is 16.5. The summed E-state index contributed by atoms with van der Waals surface area (Å²) >= 11 is 12.7. The Kier molecular flexibility index (Phi) is 4.76. The molecule has 0 fully saturated rings. The van der Waals surface area contributed by atoms with Gasteiger partial charge in [0.15, 0.2) is 0 Å². The summed E-state index contributed by atoms with van der Waals surface area (Å²) in [5.41, 5.74) is 3.14. The zero-order valence-electron chi connectivity index (χ0n) is 17.4. The molecule has 0 unspecified atom stereocenters. The van der Waals surface area contributed by atoms with Crippen molar-refractivity contribution in [1.82, 2.24) is 14.8 Å². The van der Waals surface area contributed by atoms with E-state index >= 15 is 0 Å². The maximum atomic E-state index is 13.0. The number of amides is 2. The second kappa shape index (κ2) is 7.83. The number of fused-ring (bicyclic) bond motifs is 2. The van der Waals surface area contributed by atoms with E-state index in [9.17, 15) is 9.59 Å². The second-order valence-electron chi connectivity index (χ2n) is 7.85. The number of hydrogen-bond acceptors (Lipinski definition) is 5. The Labute approximate surface area is 204 Å². The third kappa shape index (κ3) is 3.21. The van der Waals surface area contributed by atoms with Crippen LogP contribution in [0.4, 0.5) is 11.9 Å². The normalized spacial score (nSPS) is 16.7. The Morgan fingerprint density at radius 1 is 0.853 bits per heavy atom. The van der Waals surface area contributed by atoms with Crippen molar-refractivity contribution in [3.8, 4) is 0 Å². The average Bonchev–Trinajstić information content (AvgIpc) is 3.38. The van der Waals surface area contributed by atoms with Crippen molar-refractivity contribution in [3.63, 3.8) is 0 Å². The molecule has 3 heterocycles. The van der Waals surface area contributed by atoms with Crippen LogP contribution in [0.15, 0.2) is 78.9 Å². The predicted molar refractivity (Wildman–Crippen MR) is 130 cm³/mol. The van der Waals surface area contributed by atoms with E-state index in [0.29, 0.717) is 27.1 Å². The fourth-order valence-electron chi connectivity index (χ4n) is 4.20. The van der Waals surface area contributed by atoms with Gasteiger partial charge < -0.3 is 5.32 Å². The summed E-state index contributed by atoms with van der Waals surface area (Å²) in [6.07, 6.45) is 1.97. The first-order valence-corrected chi connectivity index (χ1v) is 11.2. The van der Waals surface area contributed by atoms with E-state index in [1.807, 2.05) is 42.5 Å². The van der Waals surface area contributed by atoms with Crippen molar-refractivity contribution in [2.24, 2.45) is 0 Å². The Morgan fingerprint density at radius 3 is 2.21 bits per heavy atom. The number of nitrogens with one attached hydrogen (secondary N) is 1. The Hall–Kier alpha value is -3.94. The third-order valence-corrected chi connectivity index (χ3v) is 6.38. The predicted octanol–water partition coefficient (Wildman–Crippen LogP) is 5.44. The fourth-order valence-corrected chi connectivity index (χ4v) is 4.72. The van der Waals surface area contributed by atoms with E-state index in [-0.39, 0.29) is 5.95 Å². The van der Waals surface area contributed by atoms with Gasteiger partial charge in [-0.3, -0.25) is 9.59 Å². The van der Waals surface area contributed by atoms with E-state index in [4.69, 9.17) is 23.2 Å². The molecular formula is C25H15Cl2N5O2. The first-order valence-electron chi connectivity index (χ1n) is 10.4. The summed E-state index contributed by atoms with van der Waals surface area (Å²) in [6, 6.07) is 21.2. The molecule has 34 heavy (non-hydrogen) atoms. The van der Waals surface area contributed by atoms with Crippen LogP contribution in [0.1, 0.15) is 37.9 Å². The molecule has 1 atom stereocenters. The molecule has 1 aromatic heterocycles. The zero-order chi connectivity index (χ0) is 23.4. The lowest BCUT2D eigenvalue weighted by Gasteiger charge is -2.25. The summed E-state index contributed by atoms with van der Waals surface area (Å²) in [6.45, 7) is 0. The second-order valence-corrected chi connectivity index (χ2v) is 8.70. The van der Waals surface area contributed by atoms with Gasteiger partial charge in [0, 0.05) is 15.7 Å². The molecule has 0 radical (unpaired) electrons. The molecule has 0 saturated heterocycles. The lowest BCUT2D eigenvalue weighted by atomic mass is 10.0. The maximum absolute atomic E-state index is 13.0. The van der Waals surface area contributed by atoms with Crippen LogP contribution >= 0.6 is 23.2 Å². The minimum Gasteiger partial charge on any atom is -0.324 e. The lowest BCUT2D eigenvalue weighted by molar-refractivity contribution is 0.0924. The van der Waals surface area contributed by atoms with Gasteiger partial charge in [0.2, 0.25) is 5.95 Å². The molecule has 3 aromatic carbocycles. The minimum atomic E-state index is -0.458. The van der Waals surface area contributed by atoms with Gasteiger partial charge in [0.05, 0.1) is 11.1 Å². The number of carbonyl (C=O) groups is 2. The Morgan fingerprint density at radius 2 is 1.53 bits per heavy atom. The Balaban J connectivity index is 1.48. The number of aromatic nitrogens is 3. The molecule has 6 rings (SSSR count). The van der Waals surface area contributed by atoms with Crippen molar-refractivity contribution in [3.05, 3.63) is 111 Å².